The van der Waals surface area contributed by atoms with Crippen LogP contribution in [0.3, 0.4) is 0 Å². The van der Waals surface area contributed by atoms with Crippen molar-refractivity contribution in [3.63, 3.8) is 0 Å². The molecular formula is C7H3ClF3NO3. The van der Waals surface area contributed by atoms with Crippen molar-refractivity contribution >= 4 is 17.6 Å². The Morgan fingerprint density at radius 3 is 2.60 bits per heavy atom. The lowest BCUT2D eigenvalue weighted by atomic mass is 10.3. The molecule has 1 aromatic heterocycles. The molecule has 0 spiro atoms. The van der Waals surface area contributed by atoms with Crippen molar-refractivity contribution < 1.29 is 27.8 Å². The molecule has 15 heavy (non-hydrogen) atoms. The Hall–Kier alpha value is -1.50. The Bertz CT molecular complexity index is 394. The number of alkyl halides is 3. The van der Waals surface area contributed by atoms with E-state index < -0.39 is 28.8 Å². The second-order valence-electron chi connectivity index (χ2n) is 2.37. The maximum atomic E-state index is 11.8. The van der Waals surface area contributed by atoms with Crippen LogP contribution in [0, 0.1) is 0 Å². The minimum Gasteiger partial charge on any atom is -0.478 e. The minimum absolute atomic E-state index is 0.446. The third-order valence-corrected chi connectivity index (χ3v) is 1.56. The van der Waals surface area contributed by atoms with Crippen molar-refractivity contribution in [3.8, 4) is 5.75 Å². The molecule has 0 aromatic carbocycles. The fourth-order valence-electron chi connectivity index (χ4n) is 0.741. The van der Waals surface area contributed by atoms with E-state index in [4.69, 9.17) is 16.7 Å². The second-order valence-corrected chi connectivity index (χ2v) is 2.72. The standard InChI is InChI=1S/C7H3ClF3NO3/c8-5-4(15-7(9,10)11)1-3(2-12-5)6(13)14/h1-2H,(H,13,14). The quantitative estimate of drug-likeness (QED) is 0.808. The first-order valence-electron chi connectivity index (χ1n) is 3.44. The number of carbonyl (C=O) groups is 1. The van der Waals surface area contributed by atoms with Gasteiger partial charge in [0.15, 0.2) is 10.9 Å². The van der Waals surface area contributed by atoms with E-state index in [0.717, 1.165) is 6.20 Å². The Balaban J connectivity index is 3.06. The molecule has 0 radical (unpaired) electrons. The summed E-state index contributed by atoms with van der Waals surface area (Å²) >= 11 is 5.28. The lowest BCUT2D eigenvalue weighted by Gasteiger charge is -2.09. The lowest BCUT2D eigenvalue weighted by Crippen LogP contribution is -2.18. The van der Waals surface area contributed by atoms with Crippen LogP contribution in [0.1, 0.15) is 10.4 Å². The number of pyridine rings is 1. The van der Waals surface area contributed by atoms with Gasteiger partial charge >= 0.3 is 12.3 Å². The van der Waals surface area contributed by atoms with Crippen LogP contribution in [0.2, 0.25) is 5.15 Å². The molecule has 0 amide bonds. The highest BCUT2D eigenvalue weighted by Gasteiger charge is 2.32. The molecule has 0 atom stereocenters. The van der Waals surface area contributed by atoms with Gasteiger partial charge in [-0.3, -0.25) is 0 Å². The summed E-state index contributed by atoms with van der Waals surface area (Å²) < 4.78 is 38.9. The summed E-state index contributed by atoms with van der Waals surface area (Å²) in [5.41, 5.74) is -0.446. The number of carboxylic acid groups (broad SMARTS) is 1. The Labute approximate surface area is 86.3 Å². The molecule has 1 rings (SSSR count). The van der Waals surface area contributed by atoms with Gasteiger partial charge in [-0.05, 0) is 6.07 Å². The highest BCUT2D eigenvalue weighted by atomic mass is 35.5. The topological polar surface area (TPSA) is 59.4 Å². The van der Waals surface area contributed by atoms with Crippen LogP contribution < -0.4 is 4.74 Å². The third-order valence-electron chi connectivity index (χ3n) is 1.28. The van der Waals surface area contributed by atoms with Crippen molar-refractivity contribution in [3.05, 3.63) is 23.0 Å². The molecule has 8 heteroatoms. The van der Waals surface area contributed by atoms with Crippen LogP contribution in [0.5, 0.6) is 5.75 Å². The molecule has 0 aliphatic carbocycles. The molecule has 1 heterocycles. The van der Waals surface area contributed by atoms with Crippen molar-refractivity contribution in [1.29, 1.82) is 0 Å². The van der Waals surface area contributed by atoms with Crippen LogP contribution in [-0.2, 0) is 0 Å². The van der Waals surface area contributed by atoms with Crippen molar-refractivity contribution in [2.24, 2.45) is 0 Å². The number of aromatic carboxylic acids is 1. The predicted octanol–water partition coefficient (Wildman–Crippen LogP) is 2.33. The molecule has 0 aliphatic rings. The average Bonchev–Trinajstić information content (AvgIpc) is 2.06. The van der Waals surface area contributed by atoms with Gasteiger partial charge < -0.3 is 9.84 Å². The fraction of sp³-hybridized carbons (Fsp3) is 0.143. The number of aromatic nitrogens is 1. The van der Waals surface area contributed by atoms with E-state index in [2.05, 4.69) is 9.72 Å². The minimum atomic E-state index is -4.94. The number of hydrogen-bond acceptors (Lipinski definition) is 3. The van der Waals surface area contributed by atoms with E-state index in [1.54, 1.807) is 0 Å². The molecule has 0 bridgehead atoms. The normalized spacial score (nSPS) is 11.2. The lowest BCUT2D eigenvalue weighted by molar-refractivity contribution is -0.274. The van der Waals surface area contributed by atoms with E-state index in [9.17, 15) is 18.0 Å². The maximum Gasteiger partial charge on any atom is 0.573 e. The SMILES string of the molecule is O=C(O)c1cnc(Cl)c(OC(F)(F)F)c1. The second kappa shape index (κ2) is 3.93. The molecule has 0 aliphatic heterocycles. The molecule has 4 nitrogen and oxygen atoms in total. The van der Waals surface area contributed by atoms with Crippen molar-refractivity contribution in [2.45, 2.75) is 6.36 Å². The van der Waals surface area contributed by atoms with Gasteiger partial charge in [0.1, 0.15) is 0 Å². The van der Waals surface area contributed by atoms with Crippen LogP contribution in [0.15, 0.2) is 12.3 Å². The third kappa shape index (κ3) is 3.28. The van der Waals surface area contributed by atoms with E-state index in [1.165, 1.54) is 0 Å². The van der Waals surface area contributed by atoms with Gasteiger partial charge in [-0.25, -0.2) is 9.78 Å². The van der Waals surface area contributed by atoms with Gasteiger partial charge in [0.25, 0.3) is 0 Å². The summed E-state index contributed by atoms with van der Waals surface area (Å²) in [5.74, 6) is -2.27. The number of rotatable bonds is 2. The summed E-state index contributed by atoms with van der Waals surface area (Å²) in [6.07, 6.45) is -4.11. The summed E-state index contributed by atoms with van der Waals surface area (Å²) in [4.78, 5) is 13.7. The van der Waals surface area contributed by atoms with Crippen LogP contribution in [-0.4, -0.2) is 22.4 Å². The van der Waals surface area contributed by atoms with Gasteiger partial charge in [0, 0.05) is 6.20 Å². The molecule has 82 valence electrons. The van der Waals surface area contributed by atoms with E-state index in [-0.39, 0.29) is 0 Å². The summed E-state index contributed by atoms with van der Waals surface area (Å²) in [5, 5.41) is 7.92. The monoisotopic (exact) mass is 241 g/mol. The zero-order valence-electron chi connectivity index (χ0n) is 6.88. The zero-order valence-corrected chi connectivity index (χ0v) is 7.63. The summed E-state index contributed by atoms with van der Waals surface area (Å²) in [6, 6.07) is 0.644. The van der Waals surface area contributed by atoms with Crippen molar-refractivity contribution in [2.75, 3.05) is 0 Å². The summed E-state index contributed by atoms with van der Waals surface area (Å²) in [7, 11) is 0. The molecule has 1 aromatic rings. The first-order valence-corrected chi connectivity index (χ1v) is 3.82. The summed E-state index contributed by atoms with van der Waals surface area (Å²) in [6.45, 7) is 0. The predicted molar refractivity (Wildman–Crippen MR) is 42.9 cm³/mol. The number of ether oxygens (including phenoxy) is 1. The maximum absolute atomic E-state index is 11.8. The molecule has 0 unspecified atom stereocenters. The van der Waals surface area contributed by atoms with Crippen LogP contribution in [0.4, 0.5) is 13.2 Å². The van der Waals surface area contributed by atoms with Crippen LogP contribution >= 0.6 is 11.6 Å². The Morgan fingerprint density at radius 1 is 1.53 bits per heavy atom. The highest BCUT2D eigenvalue weighted by molar-refractivity contribution is 6.30. The Morgan fingerprint density at radius 2 is 2.13 bits per heavy atom. The largest absolute Gasteiger partial charge is 0.573 e. The number of halogens is 4. The smallest absolute Gasteiger partial charge is 0.478 e. The first kappa shape index (κ1) is 11.6. The van der Waals surface area contributed by atoms with Crippen molar-refractivity contribution in [1.82, 2.24) is 4.98 Å². The number of carboxylic acids is 1. The molecule has 0 saturated heterocycles. The molecule has 0 fully saturated rings. The number of hydrogen-bond donors (Lipinski definition) is 1. The highest BCUT2D eigenvalue weighted by Crippen LogP contribution is 2.28. The van der Waals surface area contributed by atoms with E-state index in [0.29, 0.717) is 6.07 Å². The number of nitrogens with zero attached hydrogens (tertiary/aromatic N) is 1. The zero-order chi connectivity index (χ0) is 11.6. The Kier molecular flexibility index (Phi) is 3.04. The van der Waals surface area contributed by atoms with Gasteiger partial charge in [0.2, 0.25) is 0 Å². The first-order chi connectivity index (χ1) is 6.79. The van der Waals surface area contributed by atoms with Gasteiger partial charge in [-0.1, -0.05) is 11.6 Å². The van der Waals surface area contributed by atoms with Gasteiger partial charge in [-0.2, -0.15) is 0 Å². The van der Waals surface area contributed by atoms with Gasteiger partial charge in [0.05, 0.1) is 5.56 Å². The molecular weight excluding hydrogens is 239 g/mol. The molecule has 0 saturated carbocycles. The van der Waals surface area contributed by atoms with Gasteiger partial charge in [-0.15, -0.1) is 13.2 Å². The molecule has 1 N–H and O–H groups in total. The fourth-order valence-corrected chi connectivity index (χ4v) is 0.883. The average molecular weight is 242 g/mol. The van der Waals surface area contributed by atoms with E-state index >= 15 is 0 Å². The van der Waals surface area contributed by atoms with Crippen LogP contribution in [0.25, 0.3) is 0 Å². The van der Waals surface area contributed by atoms with E-state index in [1.807, 2.05) is 0 Å².